The van der Waals surface area contributed by atoms with Crippen LogP contribution in [0.1, 0.15) is 43.2 Å². The molecule has 3 N–H and O–H groups in total. The molecule has 1 aromatic heterocycles. The number of nitrogens with zero attached hydrogens (tertiary/aromatic N) is 3. The highest BCUT2D eigenvalue weighted by molar-refractivity contribution is 5.92. The third-order valence-corrected chi connectivity index (χ3v) is 8.66. The molecule has 0 atom stereocenters. The molecule has 12 heteroatoms. The standard InChI is InChI=1S/C31H36F3N5O4/c32-31(33,34)22-9-10-25-24(16-22)29(37-39(25)13-14-40)35-17-27(41)36-23-18-38(19-23)30(11-5-2-6-12-30)28-26(42-20-43-28)15-21-7-3-1-4-8-21/h1,3-4,7-10,16,23,40H,2,5-6,11-15,17-20H2,(H,35,37)(H,36,41). The number of anilines is 1. The normalized spacial score (nSPS) is 19.2. The lowest BCUT2D eigenvalue weighted by Crippen LogP contribution is -2.68. The fourth-order valence-corrected chi connectivity index (χ4v) is 6.55. The molecule has 3 heterocycles. The zero-order valence-electron chi connectivity index (χ0n) is 23.8. The van der Waals surface area contributed by atoms with E-state index in [1.54, 1.807) is 0 Å². The van der Waals surface area contributed by atoms with Crippen LogP contribution in [0.25, 0.3) is 10.9 Å². The Kier molecular flexibility index (Phi) is 8.23. The van der Waals surface area contributed by atoms with E-state index in [-0.39, 0.29) is 55.2 Å². The van der Waals surface area contributed by atoms with Crippen molar-refractivity contribution in [2.24, 2.45) is 0 Å². The molecule has 1 aliphatic carbocycles. The van der Waals surface area contributed by atoms with Gasteiger partial charge in [0, 0.05) is 24.9 Å². The van der Waals surface area contributed by atoms with Gasteiger partial charge in [-0.1, -0.05) is 49.6 Å². The predicted octanol–water partition coefficient (Wildman–Crippen LogP) is 4.42. The quantitative estimate of drug-likeness (QED) is 0.317. The molecule has 6 rings (SSSR count). The molecular weight excluding hydrogens is 563 g/mol. The summed E-state index contributed by atoms with van der Waals surface area (Å²) in [6, 6.07) is 13.5. The van der Waals surface area contributed by atoms with Crippen molar-refractivity contribution in [3.63, 3.8) is 0 Å². The summed E-state index contributed by atoms with van der Waals surface area (Å²) in [7, 11) is 0. The Bertz CT molecular complexity index is 1480. The summed E-state index contributed by atoms with van der Waals surface area (Å²) < 4.78 is 53.6. The Balaban J connectivity index is 1.10. The van der Waals surface area contributed by atoms with Gasteiger partial charge in [-0.05, 0) is 36.6 Å². The van der Waals surface area contributed by atoms with Crippen LogP contribution in [0, 0.1) is 0 Å². The summed E-state index contributed by atoms with van der Waals surface area (Å²) in [6.07, 6.45) is 1.46. The van der Waals surface area contributed by atoms with Crippen LogP contribution in [0.3, 0.4) is 0 Å². The maximum atomic E-state index is 13.3. The van der Waals surface area contributed by atoms with Gasteiger partial charge >= 0.3 is 6.18 Å². The van der Waals surface area contributed by atoms with Crippen molar-refractivity contribution in [3.8, 4) is 0 Å². The van der Waals surface area contributed by atoms with Crippen LogP contribution in [0.4, 0.5) is 19.0 Å². The number of aliphatic hydroxyl groups is 1. The summed E-state index contributed by atoms with van der Waals surface area (Å²) in [5.74, 6) is 1.69. The summed E-state index contributed by atoms with van der Waals surface area (Å²) >= 11 is 0. The number of hydrogen-bond donors (Lipinski definition) is 3. The molecule has 3 aliphatic rings. The molecular formula is C31H36F3N5O4. The van der Waals surface area contributed by atoms with Gasteiger partial charge in [0.15, 0.2) is 11.6 Å². The van der Waals surface area contributed by atoms with E-state index in [0.717, 1.165) is 54.9 Å². The SMILES string of the molecule is O=C(CNc1nn(CCO)c2ccc(C(F)(F)F)cc12)NC1CN(C2(C3=C(Cc4ccccc4)OCO3)CCCCC2)C1. The number of aliphatic hydroxyl groups excluding tert-OH is 1. The zero-order chi connectivity index (χ0) is 30.0. The largest absolute Gasteiger partial charge is 0.458 e. The van der Waals surface area contributed by atoms with E-state index in [1.807, 2.05) is 18.2 Å². The van der Waals surface area contributed by atoms with Gasteiger partial charge in [-0.15, -0.1) is 0 Å². The van der Waals surface area contributed by atoms with Crippen molar-refractivity contribution in [1.29, 1.82) is 0 Å². The van der Waals surface area contributed by atoms with Crippen LogP contribution in [0.2, 0.25) is 0 Å². The van der Waals surface area contributed by atoms with Crippen LogP contribution in [0.15, 0.2) is 60.0 Å². The molecule has 2 aromatic carbocycles. The van der Waals surface area contributed by atoms with Gasteiger partial charge in [0.25, 0.3) is 0 Å². The third kappa shape index (κ3) is 6.03. The maximum absolute atomic E-state index is 13.3. The summed E-state index contributed by atoms with van der Waals surface area (Å²) in [5.41, 5.74) is 0.543. The molecule has 0 unspecified atom stereocenters. The van der Waals surface area contributed by atoms with Crippen molar-refractivity contribution in [3.05, 3.63) is 71.2 Å². The van der Waals surface area contributed by atoms with Gasteiger partial charge in [0.2, 0.25) is 12.7 Å². The number of alkyl halides is 3. The van der Waals surface area contributed by atoms with Crippen molar-refractivity contribution < 1.29 is 32.5 Å². The van der Waals surface area contributed by atoms with Crippen molar-refractivity contribution in [1.82, 2.24) is 20.0 Å². The number of nitrogens with one attached hydrogen (secondary N) is 2. The molecule has 2 aliphatic heterocycles. The monoisotopic (exact) mass is 599 g/mol. The second kappa shape index (κ2) is 12.1. The van der Waals surface area contributed by atoms with Crippen molar-refractivity contribution >= 4 is 22.6 Å². The Morgan fingerprint density at radius 1 is 1.07 bits per heavy atom. The molecule has 43 heavy (non-hydrogen) atoms. The predicted molar refractivity (Wildman–Crippen MR) is 154 cm³/mol. The van der Waals surface area contributed by atoms with E-state index in [2.05, 4.69) is 32.8 Å². The second-order valence-electron chi connectivity index (χ2n) is 11.5. The zero-order valence-corrected chi connectivity index (χ0v) is 23.8. The smallest absolute Gasteiger partial charge is 0.416 e. The van der Waals surface area contributed by atoms with Gasteiger partial charge in [0.1, 0.15) is 5.76 Å². The molecule has 3 aromatic rings. The maximum Gasteiger partial charge on any atom is 0.416 e. The lowest BCUT2D eigenvalue weighted by Gasteiger charge is -2.53. The van der Waals surface area contributed by atoms with Gasteiger partial charge < -0.3 is 25.2 Å². The Hall–Kier alpha value is -3.77. The molecule has 9 nitrogen and oxygen atoms in total. The second-order valence-corrected chi connectivity index (χ2v) is 11.5. The first-order valence-corrected chi connectivity index (χ1v) is 14.8. The van der Waals surface area contributed by atoms with Crippen molar-refractivity contribution in [2.45, 2.75) is 62.8 Å². The number of carbonyl (C=O) groups excluding carboxylic acids is 1. The number of benzene rings is 2. The summed E-state index contributed by atoms with van der Waals surface area (Å²) in [5, 5.41) is 19.9. The Morgan fingerprint density at radius 2 is 1.84 bits per heavy atom. The van der Waals surface area contributed by atoms with Gasteiger partial charge in [0.05, 0.1) is 42.4 Å². The Morgan fingerprint density at radius 3 is 2.56 bits per heavy atom. The number of rotatable bonds is 10. The topological polar surface area (TPSA) is 101 Å². The first-order chi connectivity index (χ1) is 20.8. The van der Waals surface area contributed by atoms with Crippen LogP contribution in [-0.2, 0) is 33.4 Å². The minimum Gasteiger partial charge on any atom is -0.458 e. The van der Waals surface area contributed by atoms with E-state index < -0.39 is 11.7 Å². The van der Waals surface area contributed by atoms with Gasteiger partial charge in [-0.25, -0.2) is 0 Å². The number of hydrogen-bond acceptors (Lipinski definition) is 7. The number of halogens is 3. The third-order valence-electron chi connectivity index (χ3n) is 8.66. The average Bonchev–Trinajstić information content (AvgIpc) is 3.59. The molecule has 1 saturated heterocycles. The first-order valence-electron chi connectivity index (χ1n) is 14.8. The number of carbonyl (C=O) groups is 1. The molecule has 1 amide bonds. The summed E-state index contributed by atoms with van der Waals surface area (Å²) in [4.78, 5) is 15.3. The van der Waals surface area contributed by atoms with Crippen LogP contribution >= 0.6 is 0 Å². The number of allylic oxidation sites excluding steroid dienone is 1. The lowest BCUT2D eigenvalue weighted by atomic mass is 9.76. The van der Waals surface area contributed by atoms with Gasteiger partial charge in [-0.3, -0.25) is 14.4 Å². The van der Waals surface area contributed by atoms with Crippen LogP contribution in [-0.4, -0.2) is 70.3 Å². The van der Waals surface area contributed by atoms with Crippen LogP contribution in [0.5, 0.6) is 0 Å². The number of aromatic nitrogens is 2. The first kappa shape index (κ1) is 29.3. The fraction of sp³-hybridized carbons (Fsp3) is 0.484. The van der Waals surface area contributed by atoms with E-state index in [9.17, 15) is 23.1 Å². The van der Waals surface area contributed by atoms with Gasteiger partial charge in [-0.2, -0.15) is 18.3 Å². The average molecular weight is 600 g/mol. The minimum absolute atomic E-state index is 0.0610. The highest BCUT2D eigenvalue weighted by Crippen LogP contribution is 2.45. The lowest BCUT2D eigenvalue weighted by molar-refractivity contribution is -0.137. The number of fused-ring (bicyclic) bond motifs is 1. The number of likely N-dealkylation sites (tertiary alicyclic amines) is 1. The molecule has 1 saturated carbocycles. The number of amides is 1. The number of ether oxygens (including phenoxy) is 2. The molecule has 230 valence electrons. The fourth-order valence-electron chi connectivity index (χ4n) is 6.55. The summed E-state index contributed by atoms with van der Waals surface area (Å²) in [6.45, 7) is 1.30. The highest BCUT2D eigenvalue weighted by atomic mass is 19.4. The molecule has 2 fully saturated rings. The van der Waals surface area contributed by atoms with E-state index in [1.165, 1.54) is 17.2 Å². The molecule has 0 bridgehead atoms. The molecule has 0 radical (unpaired) electrons. The van der Waals surface area contributed by atoms with E-state index in [4.69, 9.17) is 9.47 Å². The van der Waals surface area contributed by atoms with E-state index in [0.29, 0.717) is 25.0 Å². The minimum atomic E-state index is -4.51. The molecule has 0 spiro atoms. The Labute approximate surface area is 247 Å². The van der Waals surface area contributed by atoms with E-state index >= 15 is 0 Å². The van der Waals surface area contributed by atoms with Crippen molar-refractivity contribution in [2.75, 3.05) is 38.4 Å². The van der Waals surface area contributed by atoms with Crippen LogP contribution < -0.4 is 10.6 Å². The highest BCUT2D eigenvalue weighted by Gasteiger charge is 2.50.